The summed E-state index contributed by atoms with van der Waals surface area (Å²) in [6.07, 6.45) is 1.95. The summed E-state index contributed by atoms with van der Waals surface area (Å²) in [7, 11) is 0. The van der Waals surface area contributed by atoms with Crippen molar-refractivity contribution in [2.45, 2.75) is 45.4 Å². The Bertz CT molecular complexity index is 927. The van der Waals surface area contributed by atoms with Crippen LogP contribution in [0.25, 0.3) is 11.0 Å². The lowest BCUT2D eigenvalue weighted by Gasteiger charge is -2.27. The van der Waals surface area contributed by atoms with Gasteiger partial charge in [0.2, 0.25) is 5.91 Å². The Hall–Kier alpha value is -2.66. The van der Waals surface area contributed by atoms with Crippen molar-refractivity contribution in [3.63, 3.8) is 0 Å². The molecular formula is C22H25N3O2. The molecule has 2 aromatic carbocycles. The Balaban J connectivity index is 1.71. The third-order valence-electron chi connectivity index (χ3n) is 5.01. The zero-order valence-electron chi connectivity index (χ0n) is 15.8. The summed E-state index contributed by atoms with van der Waals surface area (Å²) in [6, 6.07) is 17.9. The molecule has 1 fully saturated rings. The monoisotopic (exact) mass is 363 g/mol. The van der Waals surface area contributed by atoms with Crippen molar-refractivity contribution >= 4 is 22.6 Å². The van der Waals surface area contributed by atoms with Crippen LogP contribution in [-0.2, 0) is 16.1 Å². The van der Waals surface area contributed by atoms with Gasteiger partial charge in [0, 0.05) is 18.3 Å². The molecule has 1 amide bonds. The lowest BCUT2D eigenvalue weighted by atomic mass is 10.2. The lowest BCUT2D eigenvalue weighted by Crippen LogP contribution is -2.39. The molecule has 0 unspecified atom stereocenters. The van der Waals surface area contributed by atoms with Crippen LogP contribution in [0.5, 0.6) is 0 Å². The molecule has 5 heteroatoms. The van der Waals surface area contributed by atoms with Crippen LogP contribution in [-0.4, -0.2) is 28.1 Å². The number of benzene rings is 2. The predicted molar refractivity (Wildman–Crippen MR) is 107 cm³/mol. The summed E-state index contributed by atoms with van der Waals surface area (Å²) in [4.78, 5) is 19.9. The highest BCUT2D eigenvalue weighted by molar-refractivity contribution is 5.94. The van der Waals surface area contributed by atoms with Gasteiger partial charge in [-0.15, -0.1) is 0 Å². The number of imidazole rings is 1. The second-order valence-electron chi connectivity index (χ2n) is 7.24. The van der Waals surface area contributed by atoms with E-state index in [2.05, 4.69) is 0 Å². The quantitative estimate of drug-likeness (QED) is 0.678. The van der Waals surface area contributed by atoms with Crippen LogP contribution < -0.4 is 4.90 Å². The van der Waals surface area contributed by atoms with Gasteiger partial charge in [0.15, 0.2) is 0 Å². The standard InChI is InChI=1S/C22H25N3O2/c1-16(2)25(17-9-4-3-5-10-17)21(26)15-24-19-12-7-6-11-18(19)23-22(24)20-13-8-14-27-20/h3-7,9-12,16,20H,8,13-15H2,1-2H3/t20-/m1/s1. The first-order chi connectivity index (χ1) is 13.1. The van der Waals surface area contributed by atoms with E-state index < -0.39 is 0 Å². The van der Waals surface area contributed by atoms with Gasteiger partial charge in [-0.3, -0.25) is 4.79 Å². The van der Waals surface area contributed by atoms with Gasteiger partial charge in [-0.2, -0.15) is 0 Å². The minimum absolute atomic E-state index is 0.0329. The van der Waals surface area contributed by atoms with Crippen molar-refractivity contribution in [1.82, 2.24) is 9.55 Å². The number of nitrogens with zero attached hydrogens (tertiary/aromatic N) is 3. The Morgan fingerprint density at radius 2 is 1.93 bits per heavy atom. The Labute approximate surface area is 159 Å². The molecule has 0 radical (unpaired) electrons. The van der Waals surface area contributed by atoms with Gasteiger partial charge in [-0.25, -0.2) is 4.98 Å². The topological polar surface area (TPSA) is 47.4 Å². The minimum atomic E-state index is -0.0329. The fourth-order valence-electron chi connectivity index (χ4n) is 3.82. The third kappa shape index (κ3) is 3.47. The Morgan fingerprint density at radius 1 is 1.19 bits per heavy atom. The first kappa shape index (κ1) is 17.7. The average molecular weight is 363 g/mol. The molecule has 0 spiro atoms. The number of carbonyl (C=O) groups excluding carboxylic acids is 1. The van der Waals surface area contributed by atoms with Crippen LogP contribution >= 0.6 is 0 Å². The van der Waals surface area contributed by atoms with Crippen LogP contribution in [0, 0.1) is 0 Å². The second kappa shape index (κ2) is 7.53. The summed E-state index contributed by atoms with van der Waals surface area (Å²) < 4.78 is 7.91. The van der Waals surface area contributed by atoms with E-state index in [0.29, 0.717) is 0 Å². The second-order valence-corrected chi connectivity index (χ2v) is 7.24. The molecule has 27 heavy (non-hydrogen) atoms. The number of ether oxygens (including phenoxy) is 1. The van der Waals surface area contributed by atoms with Crippen LogP contribution in [0.2, 0.25) is 0 Å². The van der Waals surface area contributed by atoms with Gasteiger partial charge in [-0.05, 0) is 51.0 Å². The number of anilines is 1. The van der Waals surface area contributed by atoms with E-state index >= 15 is 0 Å². The van der Waals surface area contributed by atoms with E-state index in [1.54, 1.807) is 0 Å². The van der Waals surface area contributed by atoms with Gasteiger partial charge in [-0.1, -0.05) is 30.3 Å². The van der Waals surface area contributed by atoms with Crippen LogP contribution in [0.4, 0.5) is 5.69 Å². The predicted octanol–water partition coefficient (Wildman–Crippen LogP) is 4.33. The zero-order chi connectivity index (χ0) is 18.8. The molecule has 1 saturated heterocycles. The minimum Gasteiger partial charge on any atom is -0.370 e. The number of aromatic nitrogens is 2. The first-order valence-corrected chi connectivity index (χ1v) is 9.59. The van der Waals surface area contributed by atoms with Gasteiger partial charge in [0.1, 0.15) is 18.5 Å². The maximum atomic E-state index is 13.3. The average Bonchev–Trinajstić information content (AvgIpc) is 3.31. The molecular weight excluding hydrogens is 338 g/mol. The smallest absolute Gasteiger partial charge is 0.247 e. The van der Waals surface area contributed by atoms with Crippen molar-refractivity contribution in [1.29, 1.82) is 0 Å². The highest BCUT2D eigenvalue weighted by Gasteiger charge is 2.27. The number of rotatable bonds is 5. The van der Waals surface area contributed by atoms with E-state index in [9.17, 15) is 4.79 Å². The molecule has 0 bridgehead atoms. The molecule has 5 nitrogen and oxygen atoms in total. The molecule has 1 atom stereocenters. The maximum Gasteiger partial charge on any atom is 0.247 e. The largest absolute Gasteiger partial charge is 0.370 e. The molecule has 0 N–H and O–H groups in total. The van der Waals surface area contributed by atoms with E-state index in [0.717, 1.165) is 42.0 Å². The fraction of sp³-hybridized carbons (Fsp3) is 0.364. The van der Waals surface area contributed by atoms with Crippen molar-refractivity contribution in [3.05, 3.63) is 60.4 Å². The highest BCUT2D eigenvalue weighted by Crippen LogP contribution is 2.31. The number of amides is 1. The van der Waals surface area contributed by atoms with Crippen LogP contribution in [0.1, 0.15) is 38.6 Å². The van der Waals surface area contributed by atoms with E-state index in [1.807, 2.05) is 77.9 Å². The molecule has 0 aliphatic carbocycles. The first-order valence-electron chi connectivity index (χ1n) is 9.59. The van der Waals surface area contributed by atoms with Crippen LogP contribution in [0.15, 0.2) is 54.6 Å². The molecule has 2 heterocycles. The summed E-state index contributed by atoms with van der Waals surface area (Å²) >= 11 is 0. The normalized spacial score (nSPS) is 16.9. The van der Waals surface area contributed by atoms with Crippen molar-refractivity contribution in [3.8, 4) is 0 Å². The van der Waals surface area contributed by atoms with E-state index in [4.69, 9.17) is 9.72 Å². The Morgan fingerprint density at radius 3 is 2.63 bits per heavy atom. The highest BCUT2D eigenvalue weighted by atomic mass is 16.5. The number of hydrogen-bond acceptors (Lipinski definition) is 3. The zero-order valence-corrected chi connectivity index (χ0v) is 15.8. The molecule has 1 aromatic heterocycles. The number of carbonyl (C=O) groups is 1. The summed E-state index contributed by atoms with van der Waals surface area (Å²) in [5.74, 6) is 0.914. The van der Waals surface area contributed by atoms with Crippen molar-refractivity contribution in [2.24, 2.45) is 0 Å². The third-order valence-corrected chi connectivity index (χ3v) is 5.01. The fourth-order valence-corrected chi connectivity index (χ4v) is 3.82. The molecule has 3 aromatic rings. The number of hydrogen-bond donors (Lipinski definition) is 0. The summed E-state index contributed by atoms with van der Waals surface area (Å²) in [6.45, 7) is 5.09. The van der Waals surface area contributed by atoms with Crippen molar-refractivity contribution in [2.75, 3.05) is 11.5 Å². The molecule has 1 aliphatic rings. The summed E-state index contributed by atoms with van der Waals surface area (Å²) in [5.41, 5.74) is 2.81. The lowest BCUT2D eigenvalue weighted by molar-refractivity contribution is -0.119. The number of para-hydroxylation sites is 3. The molecule has 1 aliphatic heterocycles. The maximum absolute atomic E-state index is 13.3. The number of fused-ring (bicyclic) bond motifs is 1. The molecule has 140 valence electrons. The Kier molecular flexibility index (Phi) is 4.94. The van der Waals surface area contributed by atoms with Crippen molar-refractivity contribution < 1.29 is 9.53 Å². The molecule has 4 rings (SSSR count). The van der Waals surface area contributed by atoms with Gasteiger partial charge in [0.25, 0.3) is 0 Å². The van der Waals surface area contributed by atoms with Crippen LogP contribution in [0.3, 0.4) is 0 Å². The summed E-state index contributed by atoms with van der Waals surface area (Å²) in [5, 5.41) is 0. The van der Waals surface area contributed by atoms with Gasteiger partial charge >= 0.3 is 0 Å². The van der Waals surface area contributed by atoms with E-state index in [1.165, 1.54) is 0 Å². The van der Waals surface area contributed by atoms with Gasteiger partial charge in [0.05, 0.1) is 11.0 Å². The van der Waals surface area contributed by atoms with E-state index in [-0.39, 0.29) is 24.6 Å². The van der Waals surface area contributed by atoms with Gasteiger partial charge < -0.3 is 14.2 Å². The SMILES string of the molecule is CC(C)N(C(=O)Cn1c([C@H]2CCCO2)nc2ccccc21)c1ccccc1. The molecule has 0 saturated carbocycles.